The Bertz CT molecular complexity index is 958. The van der Waals surface area contributed by atoms with Crippen molar-refractivity contribution in [2.24, 2.45) is 0 Å². The highest BCUT2D eigenvalue weighted by atomic mass is 32.2. The fourth-order valence-electron chi connectivity index (χ4n) is 1.81. The lowest BCUT2D eigenvalue weighted by molar-refractivity contribution is 0.256. The Morgan fingerprint density at radius 3 is 2.73 bits per heavy atom. The van der Waals surface area contributed by atoms with Crippen LogP contribution in [0.25, 0.3) is 0 Å². The number of rotatable bonds is 6. The van der Waals surface area contributed by atoms with Crippen molar-refractivity contribution in [2.45, 2.75) is 16.7 Å². The van der Waals surface area contributed by atoms with Crippen molar-refractivity contribution >= 4 is 33.8 Å². The van der Waals surface area contributed by atoms with Gasteiger partial charge in [-0.2, -0.15) is 20.2 Å². The average Bonchev–Trinajstić information content (AvgIpc) is 2.59. The molecule has 1 heterocycles. The molecule has 26 heavy (non-hydrogen) atoms. The van der Waals surface area contributed by atoms with Crippen LogP contribution >= 0.6 is 11.8 Å². The molecular weight excluding hydrogens is 380 g/mol. The summed E-state index contributed by atoms with van der Waals surface area (Å²) in [6.45, 7) is 1.56. The summed E-state index contributed by atoms with van der Waals surface area (Å²) in [7, 11) is -2.82. The summed E-state index contributed by atoms with van der Waals surface area (Å²) < 4.78 is 31.7. The fraction of sp³-hybridized carbons (Fsp3) is 0.214. The molecule has 0 saturated carbocycles. The number of nitrogens with one attached hydrogen (secondary N) is 2. The van der Waals surface area contributed by atoms with Gasteiger partial charge in [-0.15, -0.1) is 11.8 Å². The van der Waals surface area contributed by atoms with E-state index in [1.54, 1.807) is 19.1 Å². The van der Waals surface area contributed by atoms with Crippen molar-refractivity contribution in [2.75, 3.05) is 18.2 Å². The number of anilines is 1. The molecule has 2 amide bonds. The first-order chi connectivity index (χ1) is 12.4. The normalized spacial score (nSPS) is 10.7. The first-order valence-electron chi connectivity index (χ1n) is 7.05. The number of nitrogens with zero attached hydrogens (tertiary/aromatic N) is 4. The van der Waals surface area contributed by atoms with Gasteiger partial charge in [0.1, 0.15) is 10.7 Å². The maximum absolute atomic E-state index is 12.5. The second-order valence-electron chi connectivity index (χ2n) is 4.65. The molecule has 0 aliphatic heterocycles. The number of benzene rings is 1. The molecule has 0 atom stereocenters. The molecule has 0 unspecified atom stereocenters. The zero-order chi connectivity index (χ0) is 19.2. The molecular formula is C14H14N6O4S2. The zero-order valence-electron chi connectivity index (χ0n) is 13.8. The second-order valence-corrected chi connectivity index (χ2v) is 7.31. The molecule has 12 heteroatoms. The number of ether oxygens (including phenoxy) is 1. The number of thioether (sulfide) groups is 1. The number of aromatic nitrogens is 3. The molecule has 136 valence electrons. The van der Waals surface area contributed by atoms with Gasteiger partial charge in [-0.25, -0.2) is 17.9 Å². The minimum Gasteiger partial charge on any atom is -0.467 e. The van der Waals surface area contributed by atoms with E-state index in [1.165, 1.54) is 19.2 Å². The summed E-state index contributed by atoms with van der Waals surface area (Å²) in [5.74, 6) is 0.199. The summed E-state index contributed by atoms with van der Waals surface area (Å²) in [6, 6.07) is 6.90. The minimum absolute atomic E-state index is 0.0195. The number of carbonyl (C=O) groups excluding carboxylic acids is 1. The number of amides is 2. The number of hydrogen-bond acceptors (Lipinski definition) is 9. The Labute approximate surface area is 154 Å². The van der Waals surface area contributed by atoms with E-state index in [1.807, 2.05) is 10.8 Å². The van der Waals surface area contributed by atoms with Gasteiger partial charge >= 0.3 is 12.0 Å². The maximum Gasteiger partial charge on any atom is 0.335 e. The van der Waals surface area contributed by atoms with Crippen LogP contribution in [0.4, 0.5) is 10.7 Å². The second kappa shape index (κ2) is 8.45. The summed E-state index contributed by atoms with van der Waals surface area (Å²) in [5.41, 5.74) is 0. The molecule has 2 N–H and O–H groups in total. The standard InChI is InChI=1S/C14H14N6O4S2/c1-9-16-12(19-14(17-9)24-2)18-13(21)20-26(22,23)11-6-4-3-5-10(11)25-8-7-15/h3-6H,8H2,1-2H3,(H2,16,17,18,19,20,21). The molecule has 0 aliphatic rings. The topological polar surface area (TPSA) is 147 Å². The summed E-state index contributed by atoms with van der Waals surface area (Å²) in [5, 5.41) is 10.9. The molecule has 1 aromatic carbocycles. The molecule has 2 rings (SSSR count). The summed E-state index contributed by atoms with van der Waals surface area (Å²) in [6.07, 6.45) is 0. The third kappa shape index (κ3) is 5.04. The number of urea groups is 1. The Kier molecular flexibility index (Phi) is 6.31. The average molecular weight is 394 g/mol. The number of carbonyl (C=O) groups is 1. The SMILES string of the molecule is COc1nc(C)nc(NC(=O)NS(=O)(=O)c2ccccc2SCC#N)n1. The van der Waals surface area contributed by atoms with Gasteiger partial charge in [0, 0.05) is 4.90 Å². The van der Waals surface area contributed by atoms with Crippen LogP contribution in [0.3, 0.4) is 0 Å². The zero-order valence-corrected chi connectivity index (χ0v) is 15.4. The van der Waals surface area contributed by atoms with Crippen LogP contribution in [-0.2, 0) is 10.0 Å². The van der Waals surface area contributed by atoms with Gasteiger partial charge in [0.15, 0.2) is 0 Å². The number of sulfonamides is 1. The van der Waals surface area contributed by atoms with Gasteiger partial charge in [0.2, 0.25) is 5.95 Å². The number of nitriles is 1. The summed E-state index contributed by atoms with van der Waals surface area (Å²) in [4.78, 5) is 23.8. The van der Waals surface area contributed by atoms with E-state index in [4.69, 9.17) is 10.00 Å². The number of methoxy groups -OCH3 is 1. The van der Waals surface area contributed by atoms with Gasteiger partial charge in [-0.1, -0.05) is 12.1 Å². The van der Waals surface area contributed by atoms with Crippen molar-refractivity contribution in [1.29, 1.82) is 5.26 Å². The van der Waals surface area contributed by atoms with Gasteiger partial charge in [0.05, 0.1) is 18.9 Å². The predicted molar refractivity (Wildman–Crippen MR) is 93.2 cm³/mol. The quantitative estimate of drug-likeness (QED) is 0.692. The minimum atomic E-state index is -4.16. The molecule has 0 aliphatic carbocycles. The highest BCUT2D eigenvalue weighted by Gasteiger charge is 2.22. The van der Waals surface area contributed by atoms with Crippen molar-refractivity contribution < 1.29 is 17.9 Å². The highest BCUT2D eigenvalue weighted by Crippen LogP contribution is 2.25. The molecule has 1 aromatic heterocycles. The van der Waals surface area contributed by atoms with Crippen molar-refractivity contribution in [3.63, 3.8) is 0 Å². The van der Waals surface area contributed by atoms with E-state index in [0.29, 0.717) is 4.90 Å². The van der Waals surface area contributed by atoms with Crippen LogP contribution in [-0.4, -0.2) is 42.3 Å². The predicted octanol–water partition coefficient (Wildman–Crippen LogP) is 1.31. The van der Waals surface area contributed by atoms with Crippen molar-refractivity contribution in [1.82, 2.24) is 19.7 Å². The Morgan fingerprint density at radius 1 is 1.31 bits per heavy atom. The van der Waals surface area contributed by atoms with Crippen molar-refractivity contribution in [3.05, 3.63) is 30.1 Å². The first kappa shape index (κ1) is 19.4. The lowest BCUT2D eigenvalue weighted by Crippen LogP contribution is -2.35. The van der Waals surface area contributed by atoms with Crippen LogP contribution in [0, 0.1) is 18.3 Å². The third-order valence-electron chi connectivity index (χ3n) is 2.79. The monoisotopic (exact) mass is 394 g/mol. The van der Waals surface area contributed by atoms with Crippen LogP contribution < -0.4 is 14.8 Å². The van der Waals surface area contributed by atoms with E-state index in [2.05, 4.69) is 20.3 Å². The first-order valence-corrected chi connectivity index (χ1v) is 9.52. The van der Waals surface area contributed by atoms with Gasteiger partial charge < -0.3 is 4.74 Å². The van der Waals surface area contributed by atoms with Gasteiger partial charge in [-0.05, 0) is 19.1 Å². The van der Waals surface area contributed by atoms with Gasteiger partial charge in [-0.3, -0.25) is 5.32 Å². The van der Waals surface area contributed by atoms with E-state index < -0.39 is 16.1 Å². The number of hydrogen-bond donors (Lipinski definition) is 2. The lowest BCUT2D eigenvalue weighted by atomic mass is 10.4. The number of aryl methyl sites for hydroxylation is 1. The van der Waals surface area contributed by atoms with E-state index in [9.17, 15) is 13.2 Å². The summed E-state index contributed by atoms with van der Waals surface area (Å²) >= 11 is 1.05. The smallest absolute Gasteiger partial charge is 0.335 e. The Balaban J connectivity index is 2.18. The van der Waals surface area contributed by atoms with Crippen molar-refractivity contribution in [3.8, 4) is 12.1 Å². The molecule has 10 nitrogen and oxygen atoms in total. The molecule has 0 bridgehead atoms. The van der Waals surface area contributed by atoms with Crippen LogP contribution in [0.2, 0.25) is 0 Å². The largest absolute Gasteiger partial charge is 0.467 e. The van der Waals surface area contributed by atoms with Crippen LogP contribution in [0.5, 0.6) is 6.01 Å². The van der Waals surface area contributed by atoms with Crippen LogP contribution in [0.1, 0.15) is 5.82 Å². The van der Waals surface area contributed by atoms with Crippen LogP contribution in [0.15, 0.2) is 34.1 Å². The van der Waals surface area contributed by atoms with Gasteiger partial charge in [0.25, 0.3) is 10.0 Å². The molecule has 0 spiro atoms. The van der Waals surface area contributed by atoms with E-state index in [-0.39, 0.29) is 28.4 Å². The lowest BCUT2D eigenvalue weighted by Gasteiger charge is -2.11. The molecule has 0 saturated heterocycles. The molecule has 0 fully saturated rings. The van der Waals surface area contributed by atoms with E-state index in [0.717, 1.165) is 11.8 Å². The molecule has 2 aromatic rings. The van der Waals surface area contributed by atoms with E-state index >= 15 is 0 Å². The third-order valence-corrected chi connectivity index (χ3v) is 5.25. The Hall–Kier alpha value is -2.91. The maximum atomic E-state index is 12.5. The highest BCUT2D eigenvalue weighted by molar-refractivity contribution is 8.00. The Morgan fingerprint density at radius 2 is 2.04 bits per heavy atom. The molecule has 0 radical (unpaired) electrons. The fourth-order valence-corrected chi connectivity index (χ4v) is 3.92.